The highest BCUT2D eigenvalue weighted by molar-refractivity contribution is 5.38. The minimum atomic E-state index is -0.161. The van der Waals surface area contributed by atoms with Gasteiger partial charge in [0.05, 0.1) is 6.20 Å². The van der Waals surface area contributed by atoms with Gasteiger partial charge in [0, 0.05) is 11.8 Å². The maximum Gasteiger partial charge on any atom is 0.293 e. The summed E-state index contributed by atoms with van der Waals surface area (Å²) < 4.78 is 4.79. The Morgan fingerprint density at radius 3 is 3.18 bits per heavy atom. The monoisotopic (exact) mass is 154 g/mol. The first kappa shape index (κ1) is 7.78. The summed E-state index contributed by atoms with van der Waals surface area (Å²) in [4.78, 5) is 10.0. The highest BCUT2D eigenvalue weighted by Crippen LogP contribution is 2.17. The van der Waals surface area contributed by atoms with Gasteiger partial charge in [-0.15, -0.1) is 0 Å². The van der Waals surface area contributed by atoms with Crippen molar-refractivity contribution in [3.8, 4) is 0 Å². The summed E-state index contributed by atoms with van der Waals surface area (Å²) >= 11 is 0. The number of carbonyl (C=O) groups excluding carboxylic acids is 1. The summed E-state index contributed by atoms with van der Waals surface area (Å²) in [5.41, 5.74) is 0.902. The highest BCUT2D eigenvalue weighted by atomic mass is 16.5. The van der Waals surface area contributed by atoms with Crippen LogP contribution in [0.5, 0.6) is 0 Å². The Labute approximate surface area is 64.6 Å². The van der Waals surface area contributed by atoms with Crippen molar-refractivity contribution >= 4 is 6.47 Å². The number of rotatable bonds is 4. The summed E-state index contributed by atoms with van der Waals surface area (Å²) in [6.45, 7) is 2.41. The van der Waals surface area contributed by atoms with Gasteiger partial charge in [-0.25, -0.2) is 0 Å². The Bertz CT molecular complexity index is 208. The van der Waals surface area contributed by atoms with E-state index in [1.54, 1.807) is 12.4 Å². The molecular formula is C7H10N2O2. The fourth-order valence-corrected chi connectivity index (χ4v) is 0.915. The third kappa shape index (κ3) is 1.80. The zero-order valence-corrected chi connectivity index (χ0v) is 6.28. The number of H-pyrrole nitrogens is 1. The summed E-state index contributed by atoms with van der Waals surface area (Å²) in [5.74, 6) is 0. The Morgan fingerprint density at radius 1 is 1.91 bits per heavy atom. The number of hydrogen-bond acceptors (Lipinski definition) is 3. The fraction of sp³-hybridized carbons (Fsp3) is 0.429. The molecule has 1 heterocycles. The SMILES string of the molecule is CCC(OC=O)c1cn[nH]c1. The average Bonchev–Trinajstić information content (AvgIpc) is 2.52. The molecular weight excluding hydrogens is 144 g/mol. The van der Waals surface area contributed by atoms with Crippen LogP contribution in [0.3, 0.4) is 0 Å². The van der Waals surface area contributed by atoms with E-state index >= 15 is 0 Å². The molecule has 0 aromatic carbocycles. The van der Waals surface area contributed by atoms with E-state index in [9.17, 15) is 4.79 Å². The third-order valence-electron chi connectivity index (χ3n) is 1.48. The van der Waals surface area contributed by atoms with Gasteiger partial charge in [-0.3, -0.25) is 9.89 Å². The predicted octanol–water partition coefficient (Wildman–Crippen LogP) is 1.03. The van der Waals surface area contributed by atoms with Gasteiger partial charge >= 0.3 is 0 Å². The molecule has 0 fully saturated rings. The molecule has 4 heteroatoms. The molecule has 0 radical (unpaired) electrons. The zero-order chi connectivity index (χ0) is 8.10. The Balaban J connectivity index is 2.62. The molecule has 0 aliphatic rings. The van der Waals surface area contributed by atoms with Gasteiger partial charge in [0.15, 0.2) is 0 Å². The number of nitrogens with zero attached hydrogens (tertiary/aromatic N) is 1. The lowest BCUT2D eigenvalue weighted by atomic mass is 10.1. The van der Waals surface area contributed by atoms with Crippen LogP contribution in [0, 0.1) is 0 Å². The van der Waals surface area contributed by atoms with Gasteiger partial charge in [0.2, 0.25) is 0 Å². The van der Waals surface area contributed by atoms with Crippen LogP contribution < -0.4 is 0 Å². The molecule has 1 unspecified atom stereocenters. The minimum Gasteiger partial charge on any atom is -0.460 e. The Kier molecular flexibility index (Phi) is 2.66. The van der Waals surface area contributed by atoms with E-state index < -0.39 is 0 Å². The maximum absolute atomic E-state index is 10.0. The van der Waals surface area contributed by atoms with Crippen molar-refractivity contribution in [1.82, 2.24) is 10.2 Å². The van der Waals surface area contributed by atoms with Crippen LogP contribution >= 0.6 is 0 Å². The lowest BCUT2D eigenvalue weighted by Gasteiger charge is -2.08. The number of ether oxygens (including phenoxy) is 1. The van der Waals surface area contributed by atoms with E-state index in [0.29, 0.717) is 6.47 Å². The zero-order valence-electron chi connectivity index (χ0n) is 6.28. The Morgan fingerprint density at radius 2 is 2.73 bits per heavy atom. The quantitative estimate of drug-likeness (QED) is 0.659. The first-order valence-electron chi connectivity index (χ1n) is 3.46. The van der Waals surface area contributed by atoms with Crippen LogP contribution in [0.25, 0.3) is 0 Å². The predicted molar refractivity (Wildman–Crippen MR) is 38.8 cm³/mol. The molecule has 4 nitrogen and oxygen atoms in total. The van der Waals surface area contributed by atoms with Gasteiger partial charge < -0.3 is 4.74 Å². The maximum atomic E-state index is 10.0. The molecule has 0 aliphatic carbocycles. The van der Waals surface area contributed by atoms with E-state index in [1.165, 1.54) is 0 Å². The van der Waals surface area contributed by atoms with Crippen molar-refractivity contribution in [2.75, 3.05) is 0 Å². The second-order valence-electron chi connectivity index (χ2n) is 2.16. The molecule has 1 rings (SSSR count). The third-order valence-corrected chi connectivity index (χ3v) is 1.48. The lowest BCUT2D eigenvalue weighted by molar-refractivity contribution is -0.134. The molecule has 0 saturated heterocycles. The number of aromatic amines is 1. The molecule has 11 heavy (non-hydrogen) atoms. The van der Waals surface area contributed by atoms with E-state index in [1.807, 2.05) is 6.92 Å². The molecule has 1 aromatic heterocycles. The van der Waals surface area contributed by atoms with E-state index in [-0.39, 0.29) is 6.10 Å². The molecule has 1 atom stereocenters. The van der Waals surface area contributed by atoms with Crippen LogP contribution in [0.2, 0.25) is 0 Å². The molecule has 1 aromatic rings. The van der Waals surface area contributed by atoms with Crippen LogP contribution in [0.4, 0.5) is 0 Å². The van der Waals surface area contributed by atoms with E-state index in [0.717, 1.165) is 12.0 Å². The van der Waals surface area contributed by atoms with Crippen LogP contribution in [-0.2, 0) is 9.53 Å². The van der Waals surface area contributed by atoms with E-state index in [2.05, 4.69) is 10.2 Å². The normalized spacial score (nSPS) is 12.5. The standard InChI is InChI=1S/C7H10N2O2/c1-2-7(11-5-10)6-3-8-9-4-6/h3-5,7H,2H2,1H3,(H,8,9). The van der Waals surface area contributed by atoms with Crippen LogP contribution in [0.1, 0.15) is 25.0 Å². The molecule has 0 aliphatic heterocycles. The molecule has 0 spiro atoms. The van der Waals surface area contributed by atoms with Crippen LogP contribution in [-0.4, -0.2) is 16.7 Å². The van der Waals surface area contributed by atoms with Crippen molar-refractivity contribution in [3.63, 3.8) is 0 Å². The van der Waals surface area contributed by atoms with Crippen LogP contribution in [0.15, 0.2) is 12.4 Å². The van der Waals surface area contributed by atoms with Gasteiger partial charge in [-0.1, -0.05) is 6.92 Å². The Hall–Kier alpha value is -1.32. The van der Waals surface area contributed by atoms with Crippen molar-refractivity contribution in [3.05, 3.63) is 18.0 Å². The molecule has 60 valence electrons. The number of hydrogen-bond donors (Lipinski definition) is 1. The summed E-state index contributed by atoms with van der Waals surface area (Å²) in [6, 6.07) is 0. The summed E-state index contributed by atoms with van der Waals surface area (Å²) in [7, 11) is 0. The topological polar surface area (TPSA) is 55.0 Å². The smallest absolute Gasteiger partial charge is 0.293 e. The summed E-state index contributed by atoms with van der Waals surface area (Å²) in [5, 5.41) is 6.41. The minimum absolute atomic E-state index is 0.161. The second kappa shape index (κ2) is 3.75. The van der Waals surface area contributed by atoms with Gasteiger partial charge in [0.1, 0.15) is 6.10 Å². The second-order valence-corrected chi connectivity index (χ2v) is 2.16. The van der Waals surface area contributed by atoms with Crippen molar-refractivity contribution < 1.29 is 9.53 Å². The van der Waals surface area contributed by atoms with Gasteiger partial charge in [0.25, 0.3) is 6.47 Å². The highest BCUT2D eigenvalue weighted by Gasteiger charge is 2.09. The number of aromatic nitrogens is 2. The first-order valence-corrected chi connectivity index (χ1v) is 3.46. The van der Waals surface area contributed by atoms with E-state index in [4.69, 9.17) is 4.74 Å². The average molecular weight is 154 g/mol. The van der Waals surface area contributed by atoms with Crippen molar-refractivity contribution in [1.29, 1.82) is 0 Å². The first-order chi connectivity index (χ1) is 5.38. The fourth-order valence-electron chi connectivity index (χ4n) is 0.915. The van der Waals surface area contributed by atoms with Crippen molar-refractivity contribution in [2.24, 2.45) is 0 Å². The molecule has 0 amide bonds. The van der Waals surface area contributed by atoms with Crippen molar-refractivity contribution in [2.45, 2.75) is 19.4 Å². The summed E-state index contributed by atoms with van der Waals surface area (Å²) in [6.07, 6.45) is 3.97. The largest absolute Gasteiger partial charge is 0.460 e. The number of nitrogens with one attached hydrogen (secondary N) is 1. The number of carbonyl (C=O) groups is 1. The lowest BCUT2D eigenvalue weighted by Crippen LogP contribution is -1.99. The van der Waals surface area contributed by atoms with Gasteiger partial charge in [-0.2, -0.15) is 5.10 Å². The molecule has 1 N–H and O–H groups in total. The van der Waals surface area contributed by atoms with Gasteiger partial charge in [-0.05, 0) is 6.42 Å². The molecule has 0 saturated carbocycles. The molecule has 0 bridgehead atoms.